The van der Waals surface area contributed by atoms with Gasteiger partial charge in [0, 0.05) is 0 Å². The van der Waals surface area contributed by atoms with Crippen LogP contribution in [0.1, 0.15) is 5.56 Å². The zero-order valence-corrected chi connectivity index (χ0v) is 10.9. The Kier molecular flexibility index (Phi) is 3.55. The van der Waals surface area contributed by atoms with Crippen LogP contribution in [0, 0.1) is 12.7 Å². The highest BCUT2D eigenvalue weighted by molar-refractivity contribution is 7.87. The van der Waals surface area contributed by atoms with Gasteiger partial charge in [-0.05, 0) is 43.3 Å². The monoisotopic (exact) mass is 281 g/mol. The number of nitrogens with zero attached hydrogens (tertiary/aromatic N) is 1. The molecule has 0 aromatic heterocycles. The van der Waals surface area contributed by atoms with E-state index in [-0.39, 0.29) is 11.4 Å². The van der Waals surface area contributed by atoms with Gasteiger partial charge in [0.1, 0.15) is 5.82 Å². The van der Waals surface area contributed by atoms with Gasteiger partial charge in [0.15, 0.2) is 0 Å². The third-order valence-electron chi connectivity index (χ3n) is 2.56. The van der Waals surface area contributed by atoms with Crippen molar-refractivity contribution in [1.82, 2.24) is 0 Å². The molecule has 2 aromatic carbocycles. The SMILES string of the molecule is Cc1ccc(N(c2ccc(F)cc2)S(=O)(=O)O)cc1. The number of aryl methyl sites for hydroxylation is 1. The molecule has 0 fully saturated rings. The van der Waals surface area contributed by atoms with Gasteiger partial charge >= 0.3 is 10.3 Å². The minimum Gasteiger partial charge on any atom is -0.269 e. The van der Waals surface area contributed by atoms with Gasteiger partial charge < -0.3 is 0 Å². The topological polar surface area (TPSA) is 57.6 Å². The fraction of sp³-hybridized carbons (Fsp3) is 0.0769. The van der Waals surface area contributed by atoms with Gasteiger partial charge in [0.25, 0.3) is 0 Å². The van der Waals surface area contributed by atoms with Crippen LogP contribution in [-0.4, -0.2) is 13.0 Å². The molecule has 0 aliphatic rings. The van der Waals surface area contributed by atoms with Crippen LogP contribution in [0.4, 0.5) is 15.8 Å². The lowest BCUT2D eigenvalue weighted by Gasteiger charge is -2.21. The quantitative estimate of drug-likeness (QED) is 0.880. The average Bonchev–Trinajstić information content (AvgIpc) is 2.33. The summed E-state index contributed by atoms with van der Waals surface area (Å²) in [7, 11) is -4.49. The van der Waals surface area contributed by atoms with E-state index in [1.165, 1.54) is 12.1 Å². The lowest BCUT2D eigenvalue weighted by Crippen LogP contribution is -2.25. The molecule has 0 amide bonds. The van der Waals surface area contributed by atoms with Crippen molar-refractivity contribution in [3.8, 4) is 0 Å². The van der Waals surface area contributed by atoms with E-state index >= 15 is 0 Å². The van der Waals surface area contributed by atoms with Crippen molar-refractivity contribution in [1.29, 1.82) is 0 Å². The van der Waals surface area contributed by atoms with E-state index in [1.54, 1.807) is 24.3 Å². The van der Waals surface area contributed by atoms with E-state index in [0.717, 1.165) is 22.0 Å². The number of hydrogen-bond donors (Lipinski definition) is 1. The molecule has 0 saturated heterocycles. The molecule has 2 rings (SSSR count). The molecule has 0 radical (unpaired) electrons. The van der Waals surface area contributed by atoms with E-state index in [0.29, 0.717) is 0 Å². The minimum absolute atomic E-state index is 0.160. The Balaban J connectivity index is 2.54. The highest BCUT2D eigenvalue weighted by Crippen LogP contribution is 2.28. The summed E-state index contributed by atoms with van der Waals surface area (Å²) in [6.45, 7) is 1.86. The molecule has 6 heteroatoms. The molecule has 1 N–H and O–H groups in total. The summed E-state index contributed by atoms with van der Waals surface area (Å²) < 4.78 is 45.9. The van der Waals surface area contributed by atoms with Crippen molar-refractivity contribution in [2.75, 3.05) is 4.31 Å². The van der Waals surface area contributed by atoms with Gasteiger partial charge in [0.2, 0.25) is 0 Å². The molecule has 2 aromatic rings. The molecule has 0 saturated carbocycles. The maximum Gasteiger partial charge on any atom is 0.364 e. The lowest BCUT2D eigenvalue weighted by molar-refractivity contribution is 0.483. The van der Waals surface area contributed by atoms with Crippen LogP contribution in [0.15, 0.2) is 48.5 Å². The van der Waals surface area contributed by atoms with Crippen LogP contribution < -0.4 is 4.31 Å². The summed E-state index contributed by atoms with van der Waals surface area (Å²) in [6, 6.07) is 11.4. The first-order valence-electron chi connectivity index (χ1n) is 5.48. The van der Waals surface area contributed by atoms with Crippen molar-refractivity contribution in [2.24, 2.45) is 0 Å². The smallest absolute Gasteiger partial charge is 0.269 e. The second-order valence-electron chi connectivity index (χ2n) is 4.05. The van der Waals surface area contributed by atoms with Gasteiger partial charge in [-0.15, -0.1) is 0 Å². The first kappa shape index (κ1) is 13.5. The van der Waals surface area contributed by atoms with E-state index in [9.17, 15) is 17.4 Å². The second kappa shape index (κ2) is 4.99. The van der Waals surface area contributed by atoms with Gasteiger partial charge in [-0.1, -0.05) is 17.7 Å². The van der Waals surface area contributed by atoms with Crippen LogP contribution >= 0.6 is 0 Å². The molecule has 0 bridgehead atoms. The second-order valence-corrected chi connectivity index (χ2v) is 5.31. The van der Waals surface area contributed by atoms with Gasteiger partial charge in [-0.25, -0.2) is 8.70 Å². The molecule has 0 unspecified atom stereocenters. The predicted molar refractivity (Wildman–Crippen MR) is 71.3 cm³/mol. The third kappa shape index (κ3) is 3.10. The maximum absolute atomic E-state index is 12.9. The van der Waals surface area contributed by atoms with Crippen molar-refractivity contribution < 1.29 is 17.4 Å². The molecule has 0 heterocycles. The zero-order chi connectivity index (χ0) is 14.0. The van der Waals surface area contributed by atoms with Gasteiger partial charge in [-0.3, -0.25) is 4.55 Å². The minimum atomic E-state index is -4.49. The zero-order valence-electron chi connectivity index (χ0n) is 10.1. The van der Waals surface area contributed by atoms with Crippen molar-refractivity contribution in [3.63, 3.8) is 0 Å². The first-order valence-corrected chi connectivity index (χ1v) is 6.87. The Labute approximate surface area is 111 Å². The molecule has 0 spiro atoms. The number of halogens is 1. The number of anilines is 2. The van der Waals surface area contributed by atoms with Crippen molar-refractivity contribution in [3.05, 3.63) is 59.9 Å². The molecule has 19 heavy (non-hydrogen) atoms. The predicted octanol–water partition coefficient (Wildman–Crippen LogP) is 3.08. The Morgan fingerprint density at radius 3 is 1.79 bits per heavy atom. The maximum atomic E-state index is 12.9. The highest BCUT2D eigenvalue weighted by Gasteiger charge is 2.21. The van der Waals surface area contributed by atoms with Crippen molar-refractivity contribution in [2.45, 2.75) is 6.92 Å². The molecule has 4 nitrogen and oxygen atoms in total. The van der Waals surface area contributed by atoms with Crippen LogP contribution in [0.5, 0.6) is 0 Å². The summed E-state index contributed by atoms with van der Waals surface area (Å²) in [5.41, 5.74) is 1.39. The van der Waals surface area contributed by atoms with Gasteiger partial charge in [0.05, 0.1) is 11.4 Å². The van der Waals surface area contributed by atoms with E-state index in [1.807, 2.05) is 6.92 Å². The van der Waals surface area contributed by atoms with E-state index < -0.39 is 16.1 Å². The summed E-state index contributed by atoms with van der Waals surface area (Å²) in [6.07, 6.45) is 0. The van der Waals surface area contributed by atoms with Crippen molar-refractivity contribution >= 4 is 21.7 Å². The molecule has 100 valence electrons. The fourth-order valence-corrected chi connectivity index (χ4v) is 2.45. The van der Waals surface area contributed by atoms with Gasteiger partial charge in [-0.2, -0.15) is 8.42 Å². The largest absolute Gasteiger partial charge is 0.364 e. The lowest BCUT2D eigenvalue weighted by atomic mass is 10.2. The summed E-state index contributed by atoms with van der Waals surface area (Å²) >= 11 is 0. The molecular formula is C13H12FNO3S. The van der Waals surface area contributed by atoms with Crippen LogP contribution in [0.25, 0.3) is 0 Å². The Morgan fingerprint density at radius 2 is 1.37 bits per heavy atom. The van der Waals surface area contributed by atoms with Crippen LogP contribution in [0.2, 0.25) is 0 Å². The highest BCUT2D eigenvalue weighted by atomic mass is 32.2. The normalized spacial score (nSPS) is 11.3. The Hall–Kier alpha value is -1.92. The number of rotatable bonds is 3. The number of hydrogen-bond acceptors (Lipinski definition) is 2. The summed E-state index contributed by atoms with van der Waals surface area (Å²) in [5.74, 6) is -0.483. The molecule has 0 atom stereocenters. The van der Waals surface area contributed by atoms with Crippen LogP contribution in [-0.2, 0) is 10.3 Å². The fourth-order valence-electron chi connectivity index (χ4n) is 1.67. The summed E-state index contributed by atoms with van der Waals surface area (Å²) in [4.78, 5) is 0. The Morgan fingerprint density at radius 1 is 0.947 bits per heavy atom. The summed E-state index contributed by atoms with van der Waals surface area (Å²) in [5, 5.41) is 0. The van der Waals surface area contributed by atoms with Crippen LogP contribution in [0.3, 0.4) is 0 Å². The standard InChI is InChI=1S/C13H12FNO3S/c1-10-2-6-12(7-3-10)15(19(16,17)18)13-8-4-11(14)5-9-13/h2-9H,1H3,(H,16,17,18). The molecule has 0 aliphatic carbocycles. The van der Waals surface area contributed by atoms with E-state index in [2.05, 4.69) is 0 Å². The Bertz CT molecular complexity index is 621. The number of benzene rings is 2. The average molecular weight is 281 g/mol. The first-order chi connectivity index (χ1) is 8.88. The van der Waals surface area contributed by atoms with E-state index in [4.69, 9.17) is 0 Å². The molecule has 0 aliphatic heterocycles. The third-order valence-corrected chi connectivity index (χ3v) is 3.44. The molecular weight excluding hydrogens is 269 g/mol.